The van der Waals surface area contributed by atoms with Gasteiger partial charge in [-0.2, -0.15) is 10.1 Å². The maximum atomic E-state index is 4.46. The topological polar surface area (TPSA) is 78.8 Å². The van der Waals surface area contributed by atoms with Crippen LogP contribution in [0, 0.1) is 6.92 Å². The van der Waals surface area contributed by atoms with E-state index in [4.69, 9.17) is 0 Å². The van der Waals surface area contributed by atoms with E-state index in [1.165, 1.54) is 5.56 Å². The van der Waals surface area contributed by atoms with Crippen LogP contribution in [-0.2, 0) is 0 Å². The van der Waals surface area contributed by atoms with Crippen molar-refractivity contribution in [2.24, 2.45) is 5.10 Å². The van der Waals surface area contributed by atoms with Gasteiger partial charge >= 0.3 is 0 Å². The van der Waals surface area contributed by atoms with Gasteiger partial charge in [-0.05, 0) is 54.0 Å². The summed E-state index contributed by atoms with van der Waals surface area (Å²) in [5, 5.41) is 13.8. The average molecular weight is 401 g/mol. The molecule has 0 saturated carbocycles. The summed E-state index contributed by atoms with van der Waals surface area (Å²) < 4.78 is 1.07. The van der Waals surface area contributed by atoms with E-state index in [2.05, 4.69) is 65.7 Å². The molecule has 0 amide bonds. The molecule has 0 aliphatic carbocycles. The van der Waals surface area contributed by atoms with Crippen LogP contribution in [0.25, 0.3) is 22.1 Å². The van der Waals surface area contributed by atoms with Gasteiger partial charge in [-0.3, -0.25) is 0 Å². The van der Waals surface area contributed by atoms with Crippen LogP contribution in [0.1, 0.15) is 17.4 Å². The second-order valence-electron chi connectivity index (χ2n) is 5.42. The summed E-state index contributed by atoms with van der Waals surface area (Å²) in [6.45, 7) is 3.98. The number of anilines is 1. The van der Waals surface area contributed by atoms with Gasteiger partial charge in [-0.15, -0.1) is 21.5 Å². The summed E-state index contributed by atoms with van der Waals surface area (Å²) in [7, 11) is 0. The van der Waals surface area contributed by atoms with Crippen molar-refractivity contribution in [3.63, 3.8) is 0 Å². The summed E-state index contributed by atoms with van der Waals surface area (Å²) in [4.78, 5) is 8.80. The molecule has 0 fully saturated rings. The lowest BCUT2D eigenvalue weighted by atomic mass is 10.2. The number of hydrogen-bond donors (Lipinski definition) is 2. The van der Waals surface area contributed by atoms with Crippen LogP contribution in [0.4, 0.5) is 5.95 Å². The minimum Gasteiger partial charge on any atom is -0.338 e. The molecule has 6 nitrogen and oxygen atoms in total. The summed E-state index contributed by atoms with van der Waals surface area (Å²) >= 11 is 5.07. The zero-order valence-electron chi connectivity index (χ0n) is 13.0. The van der Waals surface area contributed by atoms with Gasteiger partial charge in [0, 0.05) is 10.9 Å². The van der Waals surface area contributed by atoms with Gasteiger partial charge in [0.2, 0.25) is 0 Å². The largest absolute Gasteiger partial charge is 0.338 e. The fourth-order valence-electron chi connectivity index (χ4n) is 2.43. The number of halogens is 1. The third-order valence-corrected chi connectivity index (χ3v) is 5.36. The van der Waals surface area contributed by atoms with Crippen molar-refractivity contribution >= 4 is 61.0 Å². The summed E-state index contributed by atoms with van der Waals surface area (Å²) in [6.07, 6.45) is 0. The van der Waals surface area contributed by atoms with E-state index in [1.807, 2.05) is 25.1 Å². The number of rotatable bonds is 3. The molecule has 0 radical (unpaired) electrons. The monoisotopic (exact) mass is 400 g/mol. The smallest absolute Gasteiger partial charge is 0.265 e. The van der Waals surface area contributed by atoms with E-state index in [0.717, 1.165) is 30.8 Å². The Kier molecular flexibility index (Phi) is 3.78. The number of thiophene rings is 1. The maximum absolute atomic E-state index is 4.46. The summed E-state index contributed by atoms with van der Waals surface area (Å²) in [5.74, 6) is 0.362. The average Bonchev–Trinajstić information content (AvgIpc) is 3.15. The zero-order valence-corrected chi connectivity index (χ0v) is 15.4. The molecule has 0 bridgehead atoms. The minimum atomic E-state index is 0.362. The molecule has 0 atom stereocenters. The van der Waals surface area contributed by atoms with Crippen LogP contribution >= 0.6 is 27.3 Å². The number of hydrazone groups is 1. The lowest BCUT2D eigenvalue weighted by Crippen LogP contribution is -2.02. The number of aromatic amines is 1. The molecule has 120 valence electrons. The number of benzene rings is 1. The number of fused-ring (bicyclic) bond motifs is 3. The van der Waals surface area contributed by atoms with Crippen molar-refractivity contribution in [1.82, 2.24) is 20.2 Å². The molecule has 0 saturated heterocycles. The second kappa shape index (κ2) is 5.95. The van der Waals surface area contributed by atoms with E-state index in [0.29, 0.717) is 11.6 Å². The molecule has 3 heterocycles. The van der Waals surface area contributed by atoms with Crippen molar-refractivity contribution in [2.75, 3.05) is 5.43 Å². The first-order chi connectivity index (χ1) is 11.6. The van der Waals surface area contributed by atoms with Crippen molar-refractivity contribution in [3.05, 3.63) is 44.6 Å². The van der Waals surface area contributed by atoms with Crippen LogP contribution in [0.15, 0.2) is 39.2 Å². The molecule has 4 aromatic rings. The lowest BCUT2D eigenvalue weighted by molar-refractivity contribution is 1.01. The standard InChI is InChI=1S/C16H13BrN6S/c1-8-3-4-11-10(7-8)14-15(18-11)19-16(23-21-14)22-20-9(2)12-5-6-13(17)24-12/h3-7H,1-2H3,(H2,18,19,22,23)/b20-9+. The van der Waals surface area contributed by atoms with Crippen molar-refractivity contribution in [1.29, 1.82) is 0 Å². The molecule has 0 aliphatic rings. The quantitative estimate of drug-likeness (QED) is 0.392. The molecule has 0 aliphatic heterocycles. The normalized spacial score (nSPS) is 12.2. The third-order valence-electron chi connectivity index (χ3n) is 3.62. The van der Waals surface area contributed by atoms with E-state index in [9.17, 15) is 0 Å². The summed E-state index contributed by atoms with van der Waals surface area (Å²) in [6, 6.07) is 10.2. The maximum Gasteiger partial charge on any atom is 0.265 e. The molecular weight excluding hydrogens is 388 g/mol. The Morgan fingerprint density at radius 3 is 2.92 bits per heavy atom. The van der Waals surface area contributed by atoms with Gasteiger partial charge in [-0.1, -0.05) is 11.6 Å². The van der Waals surface area contributed by atoms with E-state index in [1.54, 1.807) is 11.3 Å². The first-order valence-electron chi connectivity index (χ1n) is 7.29. The molecule has 3 aromatic heterocycles. The van der Waals surface area contributed by atoms with Crippen molar-refractivity contribution < 1.29 is 0 Å². The molecule has 0 spiro atoms. The van der Waals surface area contributed by atoms with Crippen LogP contribution in [0.3, 0.4) is 0 Å². The summed E-state index contributed by atoms with van der Waals surface area (Å²) in [5.41, 5.74) is 7.37. The molecular formula is C16H13BrN6S. The van der Waals surface area contributed by atoms with E-state index >= 15 is 0 Å². The minimum absolute atomic E-state index is 0.362. The molecule has 24 heavy (non-hydrogen) atoms. The Bertz CT molecular complexity index is 1080. The second-order valence-corrected chi connectivity index (χ2v) is 7.88. The zero-order chi connectivity index (χ0) is 16.7. The highest BCUT2D eigenvalue weighted by Gasteiger charge is 2.09. The molecule has 4 rings (SSSR count). The Morgan fingerprint density at radius 1 is 1.25 bits per heavy atom. The number of H-pyrrole nitrogens is 1. The number of hydrogen-bond acceptors (Lipinski definition) is 6. The van der Waals surface area contributed by atoms with Gasteiger partial charge in [-0.25, -0.2) is 5.43 Å². The number of nitrogens with one attached hydrogen (secondary N) is 2. The number of aryl methyl sites for hydroxylation is 1. The molecule has 0 unspecified atom stereocenters. The van der Waals surface area contributed by atoms with Gasteiger partial charge < -0.3 is 4.98 Å². The van der Waals surface area contributed by atoms with Gasteiger partial charge in [0.25, 0.3) is 5.95 Å². The van der Waals surface area contributed by atoms with Crippen LogP contribution in [0.2, 0.25) is 0 Å². The van der Waals surface area contributed by atoms with E-state index in [-0.39, 0.29) is 0 Å². The Hall–Kier alpha value is -2.32. The van der Waals surface area contributed by atoms with Crippen LogP contribution < -0.4 is 5.43 Å². The van der Waals surface area contributed by atoms with Gasteiger partial charge in [0.1, 0.15) is 5.52 Å². The first-order valence-corrected chi connectivity index (χ1v) is 8.90. The highest BCUT2D eigenvalue weighted by Crippen LogP contribution is 2.24. The third kappa shape index (κ3) is 2.78. The fourth-order valence-corrected chi connectivity index (χ4v) is 3.76. The van der Waals surface area contributed by atoms with Gasteiger partial charge in [0.05, 0.1) is 14.4 Å². The first kappa shape index (κ1) is 15.2. The molecule has 1 aromatic carbocycles. The number of aromatic nitrogens is 4. The van der Waals surface area contributed by atoms with Crippen LogP contribution in [0.5, 0.6) is 0 Å². The SMILES string of the molecule is C/C(=N\Nc1nnc2c(n1)[nH]c1ccc(C)cc12)c1ccc(Br)s1. The Morgan fingerprint density at radius 2 is 2.12 bits per heavy atom. The predicted octanol–water partition coefficient (Wildman–Crippen LogP) is 4.47. The number of nitrogens with zero attached hydrogens (tertiary/aromatic N) is 4. The van der Waals surface area contributed by atoms with Crippen molar-refractivity contribution in [3.8, 4) is 0 Å². The fraction of sp³-hybridized carbons (Fsp3) is 0.125. The lowest BCUT2D eigenvalue weighted by Gasteiger charge is -1.99. The Balaban J connectivity index is 1.66. The predicted molar refractivity (Wildman–Crippen MR) is 102 cm³/mol. The van der Waals surface area contributed by atoms with Crippen LogP contribution in [-0.4, -0.2) is 25.9 Å². The highest BCUT2D eigenvalue weighted by molar-refractivity contribution is 9.11. The van der Waals surface area contributed by atoms with Gasteiger partial charge in [0.15, 0.2) is 5.65 Å². The highest BCUT2D eigenvalue weighted by atomic mass is 79.9. The molecule has 8 heteroatoms. The Labute approximate surface area is 150 Å². The molecule has 2 N–H and O–H groups in total. The van der Waals surface area contributed by atoms with E-state index < -0.39 is 0 Å². The van der Waals surface area contributed by atoms with Crippen molar-refractivity contribution in [2.45, 2.75) is 13.8 Å².